The minimum Gasteiger partial charge on any atom is -0.324 e. The van der Waals surface area contributed by atoms with Gasteiger partial charge in [-0.3, -0.25) is 13.5 Å². The molecule has 1 amide bonds. The number of amides is 1. The molecule has 0 bridgehead atoms. The van der Waals surface area contributed by atoms with Crippen molar-refractivity contribution < 1.29 is 4.79 Å². The van der Waals surface area contributed by atoms with Gasteiger partial charge in [-0.1, -0.05) is 35.8 Å². The van der Waals surface area contributed by atoms with Crippen LogP contribution in [0.15, 0.2) is 47.3 Å². The first kappa shape index (κ1) is 15.5. The van der Waals surface area contributed by atoms with Crippen LogP contribution in [0.2, 0.25) is 0 Å². The average Bonchev–Trinajstić information content (AvgIpc) is 2.88. The topological polar surface area (TPSA) is 51.1 Å². The van der Waals surface area contributed by atoms with Crippen LogP contribution in [0.3, 0.4) is 0 Å². The highest BCUT2D eigenvalue weighted by Gasteiger charge is 2.20. The molecule has 0 aliphatic rings. The van der Waals surface area contributed by atoms with Gasteiger partial charge in [0.05, 0.1) is 10.1 Å². The molecule has 2 aromatic carbocycles. The molecule has 0 spiro atoms. The third-order valence-corrected chi connectivity index (χ3v) is 5.34. The molecule has 0 saturated carbocycles. The highest BCUT2D eigenvalue weighted by Crippen LogP contribution is 2.22. The van der Waals surface area contributed by atoms with E-state index in [1.54, 1.807) is 13.0 Å². The molecular weight excluding hydrogens is 308 g/mol. The van der Waals surface area contributed by atoms with Gasteiger partial charge < -0.3 is 5.32 Å². The van der Waals surface area contributed by atoms with Gasteiger partial charge in [-0.05, 0) is 50.1 Å². The number of nitrogens with one attached hydrogen (secondary N) is 1. The zero-order valence-electron chi connectivity index (χ0n) is 13.3. The van der Waals surface area contributed by atoms with Crippen LogP contribution in [-0.4, -0.2) is 9.86 Å². The Balaban J connectivity index is 1.91. The molecule has 1 heterocycles. The molecule has 0 aliphatic heterocycles. The van der Waals surface area contributed by atoms with Crippen LogP contribution in [0.4, 0.5) is 5.69 Å². The first-order chi connectivity index (χ1) is 11.0. The minimum absolute atomic E-state index is 0.116. The lowest BCUT2D eigenvalue weighted by Crippen LogP contribution is -2.28. The zero-order chi connectivity index (χ0) is 16.6. The number of benzene rings is 2. The maximum Gasteiger partial charge on any atom is 0.269 e. The van der Waals surface area contributed by atoms with Gasteiger partial charge in [-0.2, -0.15) is 0 Å². The Kier molecular flexibility index (Phi) is 4.05. The molecule has 4 nitrogen and oxygen atoms in total. The normalized spacial score (nSPS) is 12.3. The molecule has 1 N–H and O–H groups in total. The van der Waals surface area contributed by atoms with E-state index in [4.69, 9.17) is 0 Å². The van der Waals surface area contributed by atoms with E-state index in [9.17, 15) is 9.59 Å². The van der Waals surface area contributed by atoms with Gasteiger partial charge in [0.1, 0.15) is 6.04 Å². The number of carbonyl (C=O) groups is 1. The quantitative estimate of drug-likeness (QED) is 0.794. The molecular formula is C18H18N2O2S. The van der Waals surface area contributed by atoms with Crippen LogP contribution >= 0.6 is 11.5 Å². The van der Waals surface area contributed by atoms with Crippen molar-refractivity contribution in [3.63, 3.8) is 0 Å². The van der Waals surface area contributed by atoms with E-state index in [0.29, 0.717) is 5.39 Å². The number of fused-ring (bicyclic) bond motifs is 1. The maximum absolute atomic E-state index is 12.5. The van der Waals surface area contributed by atoms with Crippen LogP contribution in [0, 0.1) is 13.8 Å². The van der Waals surface area contributed by atoms with Gasteiger partial charge in [0, 0.05) is 5.69 Å². The molecule has 23 heavy (non-hydrogen) atoms. The zero-order valence-corrected chi connectivity index (χ0v) is 14.1. The third-order valence-electron chi connectivity index (χ3n) is 4.11. The van der Waals surface area contributed by atoms with Gasteiger partial charge in [0.2, 0.25) is 5.91 Å². The SMILES string of the molecule is Cc1cccc(NC(=O)C(C)n2sc3ccccc3c2=O)c1C. The number of nitrogens with zero attached hydrogens (tertiary/aromatic N) is 1. The molecule has 118 valence electrons. The minimum atomic E-state index is -0.556. The van der Waals surface area contributed by atoms with E-state index in [0.717, 1.165) is 21.5 Å². The predicted octanol–water partition coefficient (Wildman–Crippen LogP) is 3.88. The summed E-state index contributed by atoms with van der Waals surface area (Å²) in [6.45, 7) is 5.73. The fourth-order valence-corrected chi connectivity index (χ4v) is 3.51. The molecule has 5 heteroatoms. The fourth-order valence-electron chi connectivity index (χ4n) is 2.47. The van der Waals surface area contributed by atoms with Crippen molar-refractivity contribution in [2.45, 2.75) is 26.8 Å². The Hall–Kier alpha value is -2.40. The van der Waals surface area contributed by atoms with Crippen molar-refractivity contribution in [1.29, 1.82) is 0 Å². The molecule has 1 atom stereocenters. The second-order valence-corrected chi connectivity index (χ2v) is 6.65. The summed E-state index contributed by atoms with van der Waals surface area (Å²) in [6, 6.07) is 12.7. The summed E-state index contributed by atoms with van der Waals surface area (Å²) in [4.78, 5) is 25.0. The summed E-state index contributed by atoms with van der Waals surface area (Å²) in [7, 11) is 0. The predicted molar refractivity (Wildman–Crippen MR) is 95.3 cm³/mol. The first-order valence-electron chi connectivity index (χ1n) is 7.46. The van der Waals surface area contributed by atoms with Gasteiger partial charge in [-0.25, -0.2) is 0 Å². The van der Waals surface area contributed by atoms with E-state index in [1.807, 2.05) is 50.2 Å². The van der Waals surface area contributed by atoms with E-state index in [1.165, 1.54) is 15.5 Å². The fraction of sp³-hybridized carbons (Fsp3) is 0.222. The summed E-state index contributed by atoms with van der Waals surface area (Å²) in [5, 5.41) is 3.59. The van der Waals surface area contributed by atoms with Crippen molar-refractivity contribution in [3.8, 4) is 0 Å². The van der Waals surface area contributed by atoms with Crippen molar-refractivity contribution in [3.05, 3.63) is 63.9 Å². The van der Waals surface area contributed by atoms with Crippen LogP contribution in [0.1, 0.15) is 24.1 Å². The number of aromatic nitrogens is 1. The lowest BCUT2D eigenvalue weighted by Gasteiger charge is -2.14. The maximum atomic E-state index is 12.5. The third kappa shape index (κ3) is 2.80. The summed E-state index contributed by atoms with van der Waals surface area (Å²) in [5.74, 6) is -0.188. The standard InChI is InChI=1S/C18H18N2O2S/c1-11-7-6-9-15(12(11)2)19-17(21)13(3)20-18(22)14-8-4-5-10-16(14)23-20/h4-10,13H,1-3H3,(H,19,21). The number of aryl methyl sites for hydroxylation is 1. The van der Waals surface area contributed by atoms with Gasteiger partial charge in [0.25, 0.3) is 5.56 Å². The molecule has 3 rings (SSSR count). The monoisotopic (exact) mass is 326 g/mol. The average molecular weight is 326 g/mol. The Bertz CT molecular complexity index is 940. The molecule has 1 aromatic heterocycles. The largest absolute Gasteiger partial charge is 0.324 e. The summed E-state index contributed by atoms with van der Waals surface area (Å²) in [5.41, 5.74) is 2.83. The number of carbonyl (C=O) groups excluding carboxylic acids is 1. The number of rotatable bonds is 3. The molecule has 3 aromatic rings. The van der Waals surface area contributed by atoms with E-state index in [2.05, 4.69) is 5.32 Å². The number of hydrogen-bond donors (Lipinski definition) is 1. The van der Waals surface area contributed by atoms with E-state index < -0.39 is 6.04 Å². The summed E-state index contributed by atoms with van der Waals surface area (Å²) in [6.07, 6.45) is 0. The van der Waals surface area contributed by atoms with Crippen molar-refractivity contribution in [2.24, 2.45) is 0 Å². The summed E-state index contributed by atoms with van der Waals surface area (Å²) >= 11 is 1.32. The molecule has 0 saturated heterocycles. The second kappa shape index (κ2) is 6.01. The highest BCUT2D eigenvalue weighted by atomic mass is 32.1. The van der Waals surface area contributed by atoms with Gasteiger partial charge >= 0.3 is 0 Å². The Morgan fingerprint density at radius 2 is 1.87 bits per heavy atom. The lowest BCUT2D eigenvalue weighted by molar-refractivity contribution is -0.118. The molecule has 0 aliphatic carbocycles. The smallest absolute Gasteiger partial charge is 0.269 e. The molecule has 1 unspecified atom stereocenters. The van der Waals surface area contributed by atoms with Crippen LogP contribution in [-0.2, 0) is 4.79 Å². The Labute approximate surface area is 138 Å². The lowest BCUT2D eigenvalue weighted by atomic mass is 10.1. The van der Waals surface area contributed by atoms with Crippen LogP contribution in [0.25, 0.3) is 10.1 Å². The molecule has 0 fully saturated rings. The van der Waals surface area contributed by atoms with E-state index >= 15 is 0 Å². The van der Waals surface area contributed by atoms with Gasteiger partial charge in [-0.15, -0.1) is 0 Å². The highest BCUT2D eigenvalue weighted by molar-refractivity contribution is 7.14. The van der Waals surface area contributed by atoms with Crippen LogP contribution in [0.5, 0.6) is 0 Å². The van der Waals surface area contributed by atoms with E-state index in [-0.39, 0.29) is 11.5 Å². The Morgan fingerprint density at radius 1 is 1.13 bits per heavy atom. The van der Waals surface area contributed by atoms with Crippen molar-refractivity contribution >= 4 is 33.2 Å². The van der Waals surface area contributed by atoms with Crippen molar-refractivity contribution in [2.75, 3.05) is 5.32 Å². The van der Waals surface area contributed by atoms with Crippen molar-refractivity contribution in [1.82, 2.24) is 3.96 Å². The number of anilines is 1. The van der Waals surface area contributed by atoms with Gasteiger partial charge in [0.15, 0.2) is 0 Å². The molecule has 0 radical (unpaired) electrons. The van der Waals surface area contributed by atoms with Crippen LogP contribution < -0.4 is 10.9 Å². The first-order valence-corrected chi connectivity index (χ1v) is 8.24. The summed E-state index contributed by atoms with van der Waals surface area (Å²) < 4.78 is 2.43. The Morgan fingerprint density at radius 3 is 2.61 bits per heavy atom. The second-order valence-electron chi connectivity index (χ2n) is 5.63. The number of hydrogen-bond acceptors (Lipinski definition) is 3.